The summed E-state index contributed by atoms with van der Waals surface area (Å²) in [6, 6.07) is 8.35. The van der Waals surface area contributed by atoms with E-state index in [-0.39, 0.29) is 0 Å². The fraction of sp³-hybridized carbons (Fsp3) is 0.438. The summed E-state index contributed by atoms with van der Waals surface area (Å²) in [6.07, 6.45) is 6.81. The van der Waals surface area contributed by atoms with Crippen LogP contribution in [-0.4, -0.2) is 16.9 Å². The molecule has 0 bridgehead atoms. The molecule has 3 rings (SSSR count). The molecule has 0 aliphatic heterocycles. The fourth-order valence-corrected chi connectivity index (χ4v) is 3.56. The summed E-state index contributed by atoms with van der Waals surface area (Å²) in [5.74, 6) is 1.29. The first-order chi connectivity index (χ1) is 9.78. The summed E-state index contributed by atoms with van der Waals surface area (Å²) < 4.78 is 0. The number of nitrogens with one attached hydrogen (secondary N) is 1. The molecule has 106 valence electrons. The van der Waals surface area contributed by atoms with E-state index in [2.05, 4.69) is 10.3 Å². The van der Waals surface area contributed by atoms with Gasteiger partial charge in [-0.25, -0.2) is 0 Å². The van der Waals surface area contributed by atoms with E-state index in [1.54, 1.807) is 0 Å². The minimum Gasteiger partial charge on any atom is -0.381 e. The van der Waals surface area contributed by atoms with E-state index < -0.39 is 0 Å². The lowest BCUT2D eigenvalue weighted by molar-refractivity contribution is 0.353. The number of benzene rings is 1. The van der Waals surface area contributed by atoms with Crippen LogP contribution in [0.2, 0.25) is 5.02 Å². The lowest BCUT2D eigenvalue weighted by Crippen LogP contribution is -2.33. The standard InChI is InChI=1S/C16H18Cl2N2/c17-10-11-3-1-2-4-14(11)20-15-7-8-19-16-9-12(18)5-6-13(15)16/h5-9,11,14H,1-4,10H2,(H,19,20). The average Bonchev–Trinajstić information content (AvgIpc) is 2.47. The van der Waals surface area contributed by atoms with Crippen molar-refractivity contribution in [3.8, 4) is 0 Å². The molecule has 1 aromatic heterocycles. The Morgan fingerprint density at radius 3 is 2.90 bits per heavy atom. The smallest absolute Gasteiger partial charge is 0.0737 e. The van der Waals surface area contributed by atoms with Gasteiger partial charge in [-0.1, -0.05) is 24.4 Å². The van der Waals surface area contributed by atoms with E-state index in [9.17, 15) is 0 Å². The Morgan fingerprint density at radius 1 is 1.20 bits per heavy atom. The van der Waals surface area contributed by atoms with Crippen LogP contribution in [0.4, 0.5) is 5.69 Å². The number of anilines is 1. The van der Waals surface area contributed by atoms with Gasteiger partial charge in [0.2, 0.25) is 0 Å². The Balaban J connectivity index is 1.90. The topological polar surface area (TPSA) is 24.9 Å². The Bertz CT molecular complexity index is 600. The van der Waals surface area contributed by atoms with Crippen molar-refractivity contribution in [3.05, 3.63) is 35.5 Å². The van der Waals surface area contributed by atoms with Crippen molar-refractivity contribution in [2.24, 2.45) is 5.92 Å². The summed E-state index contributed by atoms with van der Waals surface area (Å²) in [7, 11) is 0. The van der Waals surface area contributed by atoms with Gasteiger partial charge in [0.05, 0.1) is 5.52 Å². The molecule has 20 heavy (non-hydrogen) atoms. The number of pyridine rings is 1. The number of fused-ring (bicyclic) bond motifs is 1. The number of hydrogen-bond acceptors (Lipinski definition) is 2. The molecule has 2 unspecified atom stereocenters. The molecule has 2 aromatic rings. The van der Waals surface area contributed by atoms with Crippen LogP contribution in [0.15, 0.2) is 30.5 Å². The highest BCUT2D eigenvalue weighted by Gasteiger charge is 2.24. The zero-order valence-electron chi connectivity index (χ0n) is 11.3. The van der Waals surface area contributed by atoms with Crippen LogP contribution in [-0.2, 0) is 0 Å². The SMILES string of the molecule is ClCC1CCCCC1Nc1ccnc2cc(Cl)ccc12. The van der Waals surface area contributed by atoms with Gasteiger partial charge in [-0.3, -0.25) is 4.98 Å². The molecule has 1 aliphatic carbocycles. The highest BCUT2D eigenvalue weighted by molar-refractivity contribution is 6.31. The maximum Gasteiger partial charge on any atom is 0.0737 e. The molecule has 2 atom stereocenters. The van der Waals surface area contributed by atoms with Gasteiger partial charge >= 0.3 is 0 Å². The second-order valence-corrected chi connectivity index (χ2v) is 6.21. The second kappa shape index (κ2) is 6.19. The van der Waals surface area contributed by atoms with Crippen molar-refractivity contribution < 1.29 is 0 Å². The van der Waals surface area contributed by atoms with Crippen molar-refractivity contribution in [3.63, 3.8) is 0 Å². The summed E-state index contributed by atoms with van der Waals surface area (Å²) in [6.45, 7) is 0. The van der Waals surface area contributed by atoms with Crippen LogP contribution >= 0.6 is 23.2 Å². The lowest BCUT2D eigenvalue weighted by atomic mass is 9.85. The van der Waals surface area contributed by atoms with Crippen molar-refractivity contribution >= 4 is 39.8 Å². The van der Waals surface area contributed by atoms with E-state index in [4.69, 9.17) is 23.2 Å². The van der Waals surface area contributed by atoms with E-state index >= 15 is 0 Å². The Kier molecular flexibility index (Phi) is 4.32. The van der Waals surface area contributed by atoms with Crippen LogP contribution in [0.3, 0.4) is 0 Å². The van der Waals surface area contributed by atoms with Gasteiger partial charge in [0, 0.05) is 34.2 Å². The third-order valence-electron chi connectivity index (χ3n) is 4.15. The highest BCUT2D eigenvalue weighted by Crippen LogP contribution is 2.31. The first-order valence-corrected chi connectivity index (χ1v) is 8.06. The number of aromatic nitrogens is 1. The largest absolute Gasteiger partial charge is 0.381 e. The van der Waals surface area contributed by atoms with Crippen LogP contribution in [0.25, 0.3) is 10.9 Å². The molecule has 1 aliphatic rings. The van der Waals surface area contributed by atoms with E-state index in [1.165, 1.54) is 25.7 Å². The Morgan fingerprint density at radius 2 is 2.05 bits per heavy atom. The summed E-state index contributed by atoms with van der Waals surface area (Å²) >= 11 is 12.1. The van der Waals surface area contributed by atoms with Crippen LogP contribution in [0, 0.1) is 5.92 Å². The number of nitrogens with zero attached hydrogens (tertiary/aromatic N) is 1. The summed E-state index contributed by atoms with van der Waals surface area (Å²) in [5.41, 5.74) is 2.06. The maximum atomic E-state index is 6.11. The molecule has 4 heteroatoms. The fourth-order valence-electron chi connectivity index (χ4n) is 3.03. The van der Waals surface area contributed by atoms with Gasteiger partial charge in [-0.15, -0.1) is 11.6 Å². The van der Waals surface area contributed by atoms with Crippen molar-refractivity contribution in [1.82, 2.24) is 4.98 Å². The van der Waals surface area contributed by atoms with Crippen molar-refractivity contribution in [2.75, 3.05) is 11.2 Å². The van der Waals surface area contributed by atoms with E-state index in [0.29, 0.717) is 12.0 Å². The van der Waals surface area contributed by atoms with Gasteiger partial charge in [0.1, 0.15) is 0 Å². The minimum absolute atomic E-state index is 0.461. The predicted molar refractivity (Wildman–Crippen MR) is 86.8 cm³/mol. The second-order valence-electron chi connectivity index (χ2n) is 5.47. The quantitative estimate of drug-likeness (QED) is 0.798. The third-order valence-corrected chi connectivity index (χ3v) is 4.78. The molecular formula is C16H18Cl2N2. The molecule has 2 nitrogen and oxygen atoms in total. The number of halogens is 2. The van der Waals surface area contributed by atoms with Crippen LogP contribution in [0.1, 0.15) is 25.7 Å². The molecule has 0 radical (unpaired) electrons. The average molecular weight is 309 g/mol. The van der Waals surface area contributed by atoms with E-state index in [0.717, 1.165) is 27.5 Å². The molecule has 0 spiro atoms. The number of hydrogen-bond donors (Lipinski definition) is 1. The van der Waals surface area contributed by atoms with Gasteiger partial charge < -0.3 is 5.32 Å². The van der Waals surface area contributed by atoms with Gasteiger partial charge in [-0.05, 0) is 43.0 Å². The molecule has 0 saturated heterocycles. The molecular weight excluding hydrogens is 291 g/mol. The van der Waals surface area contributed by atoms with Crippen LogP contribution in [0.5, 0.6) is 0 Å². The summed E-state index contributed by atoms with van der Waals surface area (Å²) in [4.78, 5) is 4.38. The monoisotopic (exact) mass is 308 g/mol. The van der Waals surface area contributed by atoms with Crippen molar-refractivity contribution in [2.45, 2.75) is 31.7 Å². The molecule has 1 heterocycles. The predicted octanol–water partition coefficient (Wildman–Crippen LogP) is 5.10. The number of rotatable bonds is 3. The van der Waals surface area contributed by atoms with Crippen LogP contribution < -0.4 is 5.32 Å². The minimum atomic E-state index is 0.461. The maximum absolute atomic E-state index is 6.11. The first kappa shape index (κ1) is 14.0. The number of alkyl halides is 1. The molecule has 1 N–H and O–H groups in total. The molecule has 1 aromatic carbocycles. The van der Waals surface area contributed by atoms with E-state index in [1.807, 2.05) is 30.5 Å². The summed E-state index contributed by atoms with van der Waals surface area (Å²) in [5, 5.41) is 5.52. The zero-order chi connectivity index (χ0) is 13.9. The molecule has 1 saturated carbocycles. The van der Waals surface area contributed by atoms with Gasteiger partial charge in [-0.2, -0.15) is 0 Å². The van der Waals surface area contributed by atoms with Crippen molar-refractivity contribution in [1.29, 1.82) is 0 Å². The van der Waals surface area contributed by atoms with Gasteiger partial charge in [0.15, 0.2) is 0 Å². The lowest BCUT2D eigenvalue weighted by Gasteiger charge is -2.32. The first-order valence-electron chi connectivity index (χ1n) is 7.14. The zero-order valence-corrected chi connectivity index (χ0v) is 12.8. The normalized spacial score (nSPS) is 22.9. The molecule has 1 fully saturated rings. The Hall–Kier alpha value is -0.990. The molecule has 0 amide bonds. The Labute approximate surface area is 129 Å². The third kappa shape index (κ3) is 2.87. The van der Waals surface area contributed by atoms with Gasteiger partial charge in [0.25, 0.3) is 0 Å². The highest BCUT2D eigenvalue weighted by atomic mass is 35.5.